The highest BCUT2D eigenvalue weighted by Crippen LogP contribution is 2.24. The fraction of sp³-hybridized carbons (Fsp3) is 0.571. The zero-order chi connectivity index (χ0) is 15.6. The average Bonchev–Trinajstić information content (AvgIpc) is 2.87. The van der Waals surface area contributed by atoms with Crippen LogP contribution in [0.4, 0.5) is 4.39 Å². The van der Waals surface area contributed by atoms with Crippen LogP contribution in [0.25, 0.3) is 0 Å². The maximum absolute atomic E-state index is 14.0. The highest BCUT2D eigenvalue weighted by atomic mass is 35.5. The van der Waals surface area contributed by atoms with Crippen LogP contribution >= 0.6 is 11.6 Å². The van der Waals surface area contributed by atoms with Crippen LogP contribution in [0.5, 0.6) is 0 Å². The third-order valence-electron chi connectivity index (χ3n) is 3.62. The van der Waals surface area contributed by atoms with Gasteiger partial charge in [-0.15, -0.1) is 0 Å². The molecule has 1 aliphatic heterocycles. The molecule has 7 heteroatoms. The number of nitrogens with one attached hydrogen (secondary N) is 1. The quantitative estimate of drug-likeness (QED) is 0.900. The van der Waals surface area contributed by atoms with Crippen molar-refractivity contribution < 1.29 is 12.8 Å². The maximum atomic E-state index is 14.0. The minimum Gasteiger partial charge on any atom is -0.313 e. The van der Waals surface area contributed by atoms with Gasteiger partial charge < -0.3 is 5.32 Å². The zero-order valence-corrected chi connectivity index (χ0v) is 13.7. The summed E-state index contributed by atoms with van der Waals surface area (Å²) in [7, 11) is -3.88. The maximum Gasteiger partial charge on any atom is 0.246 e. The summed E-state index contributed by atoms with van der Waals surface area (Å²) in [5, 5.41) is 3.45. The second-order valence-corrected chi connectivity index (χ2v) is 7.83. The van der Waals surface area contributed by atoms with Crippen molar-refractivity contribution in [2.45, 2.75) is 43.7 Å². The molecule has 21 heavy (non-hydrogen) atoms. The molecule has 0 saturated carbocycles. The van der Waals surface area contributed by atoms with Gasteiger partial charge >= 0.3 is 0 Å². The first-order chi connectivity index (χ1) is 9.82. The van der Waals surface area contributed by atoms with Crippen LogP contribution in [0.15, 0.2) is 23.1 Å². The molecule has 0 aromatic heterocycles. The molecule has 118 valence electrons. The second-order valence-electron chi connectivity index (χ2n) is 5.54. The Balaban J connectivity index is 2.32. The first-order valence-corrected chi connectivity index (χ1v) is 8.84. The molecule has 1 saturated heterocycles. The van der Waals surface area contributed by atoms with Crippen LogP contribution in [0, 0.1) is 5.82 Å². The van der Waals surface area contributed by atoms with Gasteiger partial charge in [-0.1, -0.05) is 11.6 Å². The summed E-state index contributed by atoms with van der Waals surface area (Å²) in [6.07, 6.45) is 1.97. The van der Waals surface area contributed by atoms with Crippen molar-refractivity contribution in [3.05, 3.63) is 29.0 Å². The van der Waals surface area contributed by atoms with Crippen molar-refractivity contribution in [3.8, 4) is 0 Å². The molecule has 1 heterocycles. The summed E-state index contributed by atoms with van der Waals surface area (Å²) in [5.41, 5.74) is 0. The third-order valence-corrected chi connectivity index (χ3v) is 5.93. The van der Waals surface area contributed by atoms with E-state index < -0.39 is 15.8 Å². The smallest absolute Gasteiger partial charge is 0.246 e. The van der Waals surface area contributed by atoms with Gasteiger partial charge in [0, 0.05) is 23.7 Å². The highest BCUT2D eigenvalue weighted by Gasteiger charge is 2.32. The van der Waals surface area contributed by atoms with Crippen LogP contribution < -0.4 is 5.32 Å². The molecule has 4 nitrogen and oxygen atoms in total. The Bertz CT molecular complexity index is 601. The first-order valence-electron chi connectivity index (χ1n) is 7.02. The highest BCUT2D eigenvalue weighted by molar-refractivity contribution is 7.89. The lowest BCUT2D eigenvalue weighted by Crippen LogP contribution is -2.44. The van der Waals surface area contributed by atoms with Gasteiger partial charge in [-0.2, -0.15) is 4.31 Å². The van der Waals surface area contributed by atoms with Gasteiger partial charge in [-0.25, -0.2) is 12.8 Å². The molecule has 0 amide bonds. The van der Waals surface area contributed by atoms with Gasteiger partial charge in [0.2, 0.25) is 10.0 Å². The lowest BCUT2D eigenvalue weighted by atomic mass is 10.2. The van der Waals surface area contributed by atoms with Crippen LogP contribution in [-0.4, -0.2) is 37.9 Å². The number of benzene rings is 1. The summed E-state index contributed by atoms with van der Waals surface area (Å²) < 4.78 is 40.7. The fourth-order valence-electron chi connectivity index (χ4n) is 2.53. The second kappa shape index (κ2) is 6.60. The number of halogens is 2. The molecule has 1 unspecified atom stereocenters. The van der Waals surface area contributed by atoms with Crippen LogP contribution in [0.1, 0.15) is 26.7 Å². The van der Waals surface area contributed by atoms with Crippen LogP contribution in [-0.2, 0) is 10.0 Å². The molecule has 2 rings (SSSR count). The van der Waals surface area contributed by atoms with Crippen LogP contribution in [0.3, 0.4) is 0 Å². The Labute approximate surface area is 130 Å². The molecule has 0 radical (unpaired) electrons. The number of hydrogen-bond donors (Lipinski definition) is 1. The Morgan fingerprint density at radius 3 is 2.71 bits per heavy atom. The van der Waals surface area contributed by atoms with Crippen molar-refractivity contribution in [2.75, 3.05) is 13.1 Å². The largest absolute Gasteiger partial charge is 0.313 e. The van der Waals surface area contributed by atoms with Crippen molar-refractivity contribution in [2.24, 2.45) is 0 Å². The van der Waals surface area contributed by atoms with Crippen molar-refractivity contribution in [3.63, 3.8) is 0 Å². The van der Waals surface area contributed by atoms with E-state index in [1.807, 2.05) is 0 Å². The van der Waals surface area contributed by atoms with E-state index in [0.29, 0.717) is 6.54 Å². The van der Waals surface area contributed by atoms with E-state index in [1.165, 1.54) is 16.4 Å². The minimum absolute atomic E-state index is 0.123. The number of sulfonamides is 1. The Morgan fingerprint density at radius 2 is 2.19 bits per heavy atom. The zero-order valence-electron chi connectivity index (χ0n) is 12.1. The van der Waals surface area contributed by atoms with Crippen molar-refractivity contribution in [1.29, 1.82) is 0 Å². The Morgan fingerprint density at radius 1 is 1.48 bits per heavy atom. The molecule has 0 spiro atoms. The summed E-state index contributed by atoms with van der Waals surface area (Å²) in [6.45, 7) is 4.83. The molecule has 0 bridgehead atoms. The molecule has 1 aromatic rings. The number of hydrogen-bond acceptors (Lipinski definition) is 3. The average molecular weight is 335 g/mol. The molecule has 1 fully saturated rings. The predicted octanol–water partition coefficient (Wildman–Crippen LogP) is 2.63. The number of nitrogens with zero attached hydrogens (tertiary/aromatic N) is 1. The molecular formula is C14H20ClFN2O2S. The predicted molar refractivity (Wildman–Crippen MR) is 81.5 cm³/mol. The third kappa shape index (κ3) is 3.74. The number of rotatable bonds is 5. The van der Waals surface area contributed by atoms with Crippen molar-refractivity contribution in [1.82, 2.24) is 9.62 Å². The molecule has 1 N–H and O–H groups in total. The summed E-state index contributed by atoms with van der Waals surface area (Å²) >= 11 is 5.69. The normalized spacial score (nSPS) is 19.6. The van der Waals surface area contributed by atoms with E-state index in [9.17, 15) is 12.8 Å². The first kappa shape index (κ1) is 16.7. The topological polar surface area (TPSA) is 49.4 Å². The van der Waals surface area contributed by atoms with Gasteiger partial charge in [0.15, 0.2) is 0 Å². The molecule has 1 aromatic carbocycles. The van der Waals surface area contributed by atoms with E-state index in [-0.39, 0.29) is 22.0 Å². The lowest BCUT2D eigenvalue weighted by molar-refractivity contribution is 0.321. The SMILES string of the molecule is CC(C)N(CC1CCCN1)S(=O)(=O)c1ccc(Cl)cc1F. The van der Waals surface area contributed by atoms with Gasteiger partial charge in [0.1, 0.15) is 10.7 Å². The van der Waals surface area contributed by atoms with Crippen molar-refractivity contribution >= 4 is 21.6 Å². The monoisotopic (exact) mass is 334 g/mol. The molecular weight excluding hydrogens is 315 g/mol. The van der Waals surface area contributed by atoms with E-state index in [1.54, 1.807) is 13.8 Å². The van der Waals surface area contributed by atoms with Gasteiger partial charge in [-0.3, -0.25) is 0 Å². The molecule has 0 aliphatic carbocycles. The van der Waals surface area contributed by atoms with E-state index >= 15 is 0 Å². The van der Waals surface area contributed by atoms with E-state index in [0.717, 1.165) is 25.5 Å². The summed E-state index contributed by atoms with van der Waals surface area (Å²) in [6, 6.07) is 3.53. The Kier molecular flexibility index (Phi) is 5.24. The van der Waals surface area contributed by atoms with Crippen LogP contribution in [0.2, 0.25) is 5.02 Å². The summed E-state index contributed by atoms with van der Waals surface area (Å²) in [5.74, 6) is -0.812. The van der Waals surface area contributed by atoms with E-state index in [4.69, 9.17) is 11.6 Å². The molecule has 1 atom stereocenters. The van der Waals surface area contributed by atoms with Gasteiger partial charge in [0.25, 0.3) is 0 Å². The van der Waals surface area contributed by atoms with E-state index in [2.05, 4.69) is 5.32 Å². The fourth-order valence-corrected chi connectivity index (χ4v) is 4.42. The Hall–Kier alpha value is -0.690. The summed E-state index contributed by atoms with van der Waals surface area (Å²) in [4.78, 5) is -0.321. The minimum atomic E-state index is -3.88. The van der Waals surface area contributed by atoms with Gasteiger partial charge in [0.05, 0.1) is 0 Å². The lowest BCUT2D eigenvalue weighted by Gasteiger charge is -2.28. The standard InChI is InChI=1S/C14H20ClFN2O2S/c1-10(2)18(9-12-4-3-7-17-12)21(19,20)14-6-5-11(15)8-13(14)16/h5-6,8,10,12,17H,3-4,7,9H2,1-2H3. The van der Waals surface area contributed by atoms with Gasteiger partial charge in [-0.05, 0) is 51.4 Å². The molecule has 1 aliphatic rings.